The number of nitrogens with zero attached hydrogens (tertiary/aromatic N) is 3. The van der Waals surface area contributed by atoms with Crippen LogP contribution in [-0.4, -0.2) is 22.2 Å². The topological polar surface area (TPSA) is 81.2 Å². The first-order valence-electron chi connectivity index (χ1n) is 9.20. The van der Waals surface area contributed by atoms with Crippen LogP contribution in [0.1, 0.15) is 42.4 Å². The summed E-state index contributed by atoms with van der Waals surface area (Å²) < 4.78 is 1.39. The van der Waals surface area contributed by atoms with Crippen LogP contribution in [0, 0.1) is 0 Å². The molecule has 2 N–H and O–H groups in total. The van der Waals surface area contributed by atoms with Crippen LogP contribution in [0.2, 0.25) is 0 Å². The molecule has 0 radical (unpaired) electrons. The fourth-order valence-electron chi connectivity index (χ4n) is 3.70. The third-order valence-corrected chi connectivity index (χ3v) is 5.05. The van der Waals surface area contributed by atoms with Gasteiger partial charge in [-0.15, -0.1) is 0 Å². The molecule has 2 heterocycles. The monoisotopic (exact) mass is 362 g/mol. The molecule has 1 aliphatic rings. The van der Waals surface area contributed by atoms with E-state index in [-0.39, 0.29) is 17.5 Å². The maximum atomic E-state index is 13.5. The van der Waals surface area contributed by atoms with Gasteiger partial charge in [-0.25, -0.2) is 4.68 Å². The van der Waals surface area contributed by atoms with Gasteiger partial charge in [0.1, 0.15) is 0 Å². The molecule has 0 aliphatic carbocycles. The highest BCUT2D eigenvalue weighted by Gasteiger charge is 2.28. The van der Waals surface area contributed by atoms with Gasteiger partial charge in [0.2, 0.25) is 0 Å². The lowest BCUT2D eigenvalue weighted by Crippen LogP contribution is -2.38. The van der Waals surface area contributed by atoms with Crippen molar-refractivity contribution in [2.24, 2.45) is 0 Å². The largest absolute Gasteiger partial charge is 0.398 e. The van der Waals surface area contributed by atoms with Crippen molar-refractivity contribution < 1.29 is 4.79 Å². The number of carbonyl (C=O) groups excluding carboxylic acids is 1. The van der Waals surface area contributed by atoms with Crippen LogP contribution < -0.4 is 16.2 Å². The van der Waals surface area contributed by atoms with Crippen LogP contribution in [0.4, 0.5) is 11.4 Å². The van der Waals surface area contributed by atoms with E-state index >= 15 is 0 Å². The number of benzene rings is 2. The quantitative estimate of drug-likeness (QED) is 0.710. The summed E-state index contributed by atoms with van der Waals surface area (Å²) in [6.07, 6.45) is 1.69. The smallest absolute Gasteiger partial charge is 0.279 e. The minimum Gasteiger partial charge on any atom is -0.398 e. The van der Waals surface area contributed by atoms with Crippen molar-refractivity contribution >= 4 is 28.1 Å². The van der Waals surface area contributed by atoms with Gasteiger partial charge < -0.3 is 10.6 Å². The van der Waals surface area contributed by atoms with Crippen LogP contribution >= 0.6 is 0 Å². The molecule has 1 aromatic heterocycles. The lowest BCUT2D eigenvalue weighted by Gasteiger charge is -2.30. The molecule has 0 saturated carbocycles. The van der Waals surface area contributed by atoms with E-state index in [0.717, 1.165) is 24.1 Å². The average molecular weight is 362 g/mol. The van der Waals surface area contributed by atoms with E-state index in [0.29, 0.717) is 28.7 Å². The highest BCUT2D eigenvalue weighted by molar-refractivity contribution is 6.13. The Balaban J connectivity index is 1.92. The maximum Gasteiger partial charge on any atom is 0.279 e. The molecule has 1 amide bonds. The molecule has 4 rings (SSSR count). The van der Waals surface area contributed by atoms with Crippen LogP contribution in [-0.2, 0) is 6.42 Å². The van der Waals surface area contributed by atoms with Gasteiger partial charge >= 0.3 is 0 Å². The number of anilines is 2. The number of nitrogen functional groups attached to an aromatic ring is 1. The van der Waals surface area contributed by atoms with E-state index in [4.69, 9.17) is 5.73 Å². The van der Waals surface area contributed by atoms with Crippen LogP contribution in [0.5, 0.6) is 0 Å². The number of rotatable bonds is 2. The zero-order valence-electron chi connectivity index (χ0n) is 15.5. The third kappa shape index (κ3) is 2.77. The molecule has 6 heteroatoms. The summed E-state index contributed by atoms with van der Waals surface area (Å²) in [4.78, 5) is 27.9. The Kier molecular flexibility index (Phi) is 4.18. The molecule has 3 aromatic rings. The summed E-state index contributed by atoms with van der Waals surface area (Å²) in [5.74, 6) is -0.202. The van der Waals surface area contributed by atoms with Gasteiger partial charge in [-0.05, 0) is 50.5 Å². The number of aromatic nitrogens is 2. The van der Waals surface area contributed by atoms with E-state index in [2.05, 4.69) is 5.10 Å². The second-order valence-electron chi connectivity index (χ2n) is 7.14. The summed E-state index contributed by atoms with van der Waals surface area (Å²) in [5.41, 5.74) is 8.77. The molecule has 0 unspecified atom stereocenters. The Bertz CT molecular complexity index is 1100. The minimum absolute atomic E-state index is 0.141. The highest BCUT2D eigenvalue weighted by Crippen LogP contribution is 2.32. The van der Waals surface area contributed by atoms with Crippen molar-refractivity contribution in [1.29, 1.82) is 0 Å². The van der Waals surface area contributed by atoms with E-state index in [1.165, 1.54) is 4.68 Å². The van der Waals surface area contributed by atoms with Crippen LogP contribution in [0.15, 0.2) is 47.3 Å². The zero-order chi connectivity index (χ0) is 19.1. The van der Waals surface area contributed by atoms with Crippen molar-refractivity contribution in [3.05, 3.63) is 64.1 Å². The molecular formula is C21H22N4O2. The Morgan fingerprint density at radius 1 is 1.11 bits per heavy atom. The van der Waals surface area contributed by atoms with Crippen molar-refractivity contribution in [3.8, 4) is 0 Å². The molecule has 6 nitrogen and oxygen atoms in total. The van der Waals surface area contributed by atoms with Crippen molar-refractivity contribution in [2.45, 2.75) is 32.7 Å². The Morgan fingerprint density at radius 2 is 1.85 bits per heavy atom. The SMILES string of the molecule is CC(C)n1nc(C(=O)N2CCCc3c(N)cccc32)c2ccccc2c1=O. The highest BCUT2D eigenvalue weighted by atomic mass is 16.2. The fraction of sp³-hybridized carbons (Fsp3) is 0.286. The predicted octanol–water partition coefficient (Wildman–Crippen LogP) is 3.15. The number of hydrogen-bond donors (Lipinski definition) is 1. The number of nitrogens with two attached hydrogens (primary N) is 1. The molecule has 2 aromatic carbocycles. The molecule has 0 fully saturated rings. The van der Waals surface area contributed by atoms with Crippen LogP contribution in [0.3, 0.4) is 0 Å². The van der Waals surface area contributed by atoms with Gasteiger partial charge in [0.25, 0.3) is 11.5 Å². The molecule has 0 spiro atoms. The molecule has 0 atom stereocenters. The number of hydrogen-bond acceptors (Lipinski definition) is 4. The lowest BCUT2D eigenvalue weighted by atomic mass is 9.99. The summed E-state index contributed by atoms with van der Waals surface area (Å²) in [5, 5.41) is 5.54. The minimum atomic E-state index is -0.202. The first-order chi connectivity index (χ1) is 13.0. The number of amides is 1. The molecule has 27 heavy (non-hydrogen) atoms. The number of carbonyl (C=O) groups is 1. The Morgan fingerprint density at radius 3 is 2.59 bits per heavy atom. The fourth-order valence-corrected chi connectivity index (χ4v) is 3.70. The first-order valence-corrected chi connectivity index (χ1v) is 9.20. The molecule has 1 aliphatic heterocycles. The summed E-state index contributed by atoms with van der Waals surface area (Å²) in [6.45, 7) is 4.37. The molecular weight excluding hydrogens is 340 g/mol. The van der Waals surface area contributed by atoms with Crippen molar-refractivity contribution in [2.75, 3.05) is 17.2 Å². The maximum absolute atomic E-state index is 13.5. The van der Waals surface area contributed by atoms with Crippen LogP contribution in [0.25, 0.3) is 10.8 Å². The summed E-state index contributed by atoms with van der Waals surface area (Å²) >= 11 is 0. The van der Waals surface area contributed by atoms with Gasteiger partial charge in [-0.3, -0.25) is 9.59 Å². The second-order valence-corrected chi connectivity index (χ2v) is 7.14. The molecule has 138 valence electrons. The van der Waals surface area contributed by atoms with Gasteiger partial charge in [-0.2, -0.15) is 5.10 Å². The van der Waals surface area contributed by atoms with Gasteiger partial charge in [-0.1, -0.05) is 24.3 Å². The summed E-state index contributed by atoms with van der Waals surface area (Å²) in [6, 6.07) is 12.7. The van der Waals surface area contributed by atoms with E-state index in [1.54, 1.807) is 23.1 Å². The van der Waals surface area contributed by atoms with Crippen molar-refractivity contribution in [3.63, 3.8) is 0 Å². The Labute approximate surface area is 157 Å². The zero-order valence-corrected chi connectivity index (χ0v) is 15.5. The Hall–Kier alpha value is -3.15. The van der Waals surface area contributed by atoms with E-state index in [9.17, 15) is 9.59 Å². The van der Waals surface area contributed by atoms with Gasteiger partial charge in [0, 0.05) is 23.3 Å². The van der Waals surface area contributed by atoms with E-state index in [1.807, 2.05) is 38.1 Å². The standard InChI is InChI=1S/C21H22N4O2/c1-13(2)25-20(26)15-8-4-3-7-14(15)19(23-25)21(27)24-12-6-9-16-17(22)10-5-11-18(16)24/h3-5,7-8,10-11,13H,6,9,12,22H2,1-2H3. The summed E-state index contributed by atoms with van der Waals surface area (Å²) in [7, 11) is 0. The lowest BCUT2D eigenvalue weighted by molar-refractivity contribution is 0.0979. The molecule has 0 bridgehead atoms. The predicted molar refractivity (Wildman–Crippen MR) is 107 cm³/mol. The van der Waals surface area contributed by atoms with Gasteiger partial charge in [0.15, 0.2) is 5.69 Å². The normalized spacial score (nSPS) is 13.8. The van der Waals surface area contributed by atoms with Crippen molar-refractivity contribution in [1.82, 2.24) is 9.78 Å². The van der Waals surface area contributed by atoms with Gasteiger partial charge in [0.05, 0.1) is 11.4 Å². The second kappa shape index (κ2) is 6.54. The van der Waals surface area contributed by atoms with E-state index < -0.39 is 0 Å². The molecule has 0 saturated heterocycles. The third-order valence-electron chi connectivity index (χ3n) is 5.05. The first kappa shape index (κ1) is 17.3. The number of fused-ring (bicyclic) bond motifs is 2. The average Bonchev–Trinajstić information content (AvgIpc) is 2.68.